The molecule has 0 aromatic heterocycles. The number of methoxy groups -OCH3 is 2. The molecule has 0 fully saturated rings. The van der Waals surface area contributed by atoms with Crippen molar-refractivity contribution in [3.05, 3.63) is 35.4 Å². The van der Waals surface area contributed by atoms with Crippen LogP contribution in [0.3, 0.4) is 0 Å². The van der Waals surface area contributed by atoms with E-state index in [0.717, 1.165) is 6.42 Å². The first kappa shape index (κ1) is 16.1. The van der Waals surface area contributed by atoms with Crippen LogP contribution in [0.2, 0.25) is 0 Å². The van der Waals surface area contributed by atoms with Crippen molar-refractivity contribution < 1.29 is 19.0 Å². The summed E-state index contributed by atoms with van der Waals surface area (Å²) in [6.45, 7) is 4.29. The molecule has 0 saturated heterocycles. The number of hydrogen-bond donors (Lipinski definition) is 0. The number of ether oxygens (including phenoxy) is 3. The summed E-state index contributed by atoms with van der Waals surface area (Å²) in [5.41, 5.74) is 1.80. The van der Waals surface area contributed by atoms with E-state index in [1.165, 1.54) is 12.7 Å². The Kier molecular flexibility index (Phi) is 6.64. The molecule has 4 heteroatoms. The smallest absolute Gasteiger partial charge is 0.333 e. The van der Waals surface area contributed by atoms with Gasteiger partial charge >= 0.3 is 5.97 Å². The molecule has 0 atom stereocenters. The molecular formula is C16H22O4. The number of aryl methyl sites for hydroxylation is 1. The van der Waals surface area contributed by atoms with Gasteiger partial charge in [-0.25, -0.2) is 4.79 Å². The topological polar surface area (TPSA) is 44.8 Å². The second-order valence-corrected chi connectivity index (χ2v) is 4.22. The first-order valence-corrected chi connectivity index (χ1v) is 6.73. The van der Waals surface area contributed by atoms with Crippen molar-refractivity contribution >= 4 is 5.97 Å². The van der Waals surface area contributed by atoms with Crippen LogP contribution in [0.4, 0.5) is 0 Å². The summed E-state index contributed by atoms with van der Waals surface area (Å²) in [7, 11) is 2.99. The summed E-state index contributed by atoms with van der Waals surface area (Å²) in [6.07, 6.45) is 3.29. The number of rotatable bonds is 7. The van der Waals surface area contributed by atoms with Crippen molar-refractivity contribution in [3.8, 4) is 11.5 Å². The minimum absolute atomic E-state index is 0.306. The number of benzene rings is 1. The Hall–Kier alpha value is -1.97. The number of carbonyl (C=O) groups is 1. The fourth-order valence-corrected chi connectivity index (χ4v) is 1.79. The maximum Gasteiger partial charge on any atom is 0.333 e. The predicted molar refractivity (Wildman–Crippen MR) is 78.3 cm³/mol. The SMILES string of the molecule is CC/C(=C/COc1ccc(CC)cc1OC)C(=O)OC. The highest BCUT2D eigenvalue weighted by Crippen LogP contribution is 2.28. The van der Waals surface area contributed by atoms with Crippen LogP contribution in [0.1, 0.15) is 25.8 Å². The van der Waals surface area contributed by atoms with Crippen LogP contribution in [-0.2, 0) is 16.0 Å². The van der Waals surface area contributed by atoms with E-state index in [-0.39, 0.29) is 5.97 Å². The Morgan fingerprint density at radius 1 is 1.20 bits per heavy atom. The Labute approximate surface area is 120 Å². The Bertz CT molecular complexity index is 477. The maximum absolute atomic E-state index is 11.4. The van der Waals surface area contributed by atoms with Gasteiger partial charge in [0.25, 0.3) is 0 Å². The Morgan fingerprint density at radius 3 is 2.50 bits per heavy atom. The molecular weight excluding hydrogens is 256 g/mol. The van der Waals surface area contributed by atoms with E-state index in [1.54, 1.807) is 13.2 Å². The van der Waals surface area contributed by atoms with Crippen molar-refractivity contribution in [1.82, 2.24) is 0 Å². The zero-order valence-electron chi connectivity index (χ0n) is 12.6. The number of esters is 1. The molecule has 0 saturated carbocycles. The molecule has 0 aliphatic rings. The largest absolute Gasteiger partial charge is 0.493 e. The van der Waals surface area contributed by atoms with Crippen LogP contribution < -0.4 is 9.47 Å². The standard InChI is InChI=1S/C16H22O4/c1-5-12-7-8-14(15(11-12)18-3)20-10-9-13(6-2)16(17)19-4/h7-9,11H,5-6,10H2,1-4H3/b13-9-. The first-order valence-electron chi connectivity index (χ1n) is 6.73. The van der Waals surface area contributed by atoms with Crippen molar-refractivity contribution in [2.45, 2.75) is 26.7 Å². The first-order chi connectivity index (χ1) is 9.65. The van der Waals surface area contributed by atoms with Crippen molar-refractivity contribution in [2.75, 3.05) is 20.8 Å². The van der Waals surface area contributed by atoms with Gasteiger partial charge in [-0.15, -0.1) is 0 Å². The highest BCUT2D eigenvalue weighted by molar-refractivity contribution is 5.88. The lowest BCUT2D eigenvalue weighted by Gasteiger charge is -2.11. The van der Waals surface area contributed by atoms with Crippen LogP contribution in [0.25, 0.3) is 0 Å². The summed E-state index contributed by atoms with van der Waals surface area (Å²) in [5.74, 6) is 1.06. The fourth-order valence-electron chi connectivity index (χ4n) is 1.79. The zero-order chi connectivity index (χ0) is 15.0. The molecule has 20 heavy (non-hydrogen) atoms. The van der Waals surface area contributed by atoms with Crippen LogP contribution in [-0.4, -0.2) is 26.8 Å². The average molecular weight is 278 g/mol. The molecule has 0 unspecified atom stereocenters. The zero-order valence-corrected chi connectivity index (χ0v) is 12.6. The molecule has 4 nitrogen and oxygen atoms in total. The normalized spacial score (nSPS) is 11.1. The number of carbonyl (C=O) groups excluding carboxylic acids is 1. The second kappa shape index (κ2) is 8.25. The molecule has 0 heterocycles. The lowest BCUT2D eigenvalue weighted by atomic mass is 10.1. The van der Waals surface area contributed by atoms with Gasteiger partial charge in [0.15, 0.2) is 11.5 Å². The minimum Gasteiger partial charge on any atom is -0.493 e. The molecule has 1 aromatic rings. The van der Waals surface area contributed by atoms with Gasteiger partial charge in [0.1, 0.15) is 6.61 Å². The summed E-state index contributed by atoms with van der Waals surface area (Å²) in [5, 5.41) is 0. The minimum atomic E-state index is -0.315. The average Bonchev–Trinajstić information content (AvgIpc) is 2.50. The quantitative estimate of drug-likeness (QED) is 0.568. The molecule has 1 aromatic carbocycles. The van der Waals surface area contributed by atoms with E-state index in [0.29, 0.717) is 30.1 Å². The Morgan fingerprint density at radius 2 is 1.95 bits per heavy atom. The molecule has 110 valence electrons. The lowest BCUT2D eigenvalue weighted by Crippen LogP contribution is -2.06. The van der Waals surface area contributed by atoms with E-state index >= 15 is 0 Å². The van der Waals surface area contributed by atoms with Gasteiger partial charge in [-0.3, -0.25) is 0 Å². The summed E-state index contributed by atoms with van der Waals surface area (Å²) >= 11 is 0. The van der Waals surface area contributed by atoms with Gasteiger partial charge in [-0.05, 0) is 36.6 Å². The van der Waals surface area contributed by atoms with Crippen molar-refractivity contribution in [3.63, 3.8) is 0 Å². The van der Waals surface area contributed by atoms with Crippen LogP contribution >= 0.6 is 0 Å². The highest BCUT2D eigenvalue weighted by Gasteiger charge is 2.08. The predicted octanol–water partition coefficient (Wildman–Crippen LogP) is 3.15. The summed E-state index contributed by atoms with van der Waals surface area (Å²) < 4.78 is 15.6. The fraction of sp³-hybridized carbons (Fsp3) is 0.438. The van der Waals surface area contributed by atoms with E-state index in [4.69, 9.17) is 14.2 Å². The van der Waals surface area contributed by atoms with E-state index in [1.807, 2.05) is 25.1 Å². The van der Waals surface area contributed by atoms with Crippen molar-refractivity contribution in [1.29, 1.82) is 0 Å². The molecule has 1 rings (SSSR count). The van der Waals surface area contributed by atoms with E-state index < -0.39 is 0 Å². The second-order valence-electron chi connectivity index (χ2n) is 4.22. The molecule has 0 amide bonds. The van der Waals surface area contributed by atoms with Gasteiger partial charge in [-0.1, -0.05) is 19.9 Å². The monoisotopic (exact) mass is 278 g/mol. The van der Waals surface area contributed by atoms with Gasteiger partial charge in [-0.2, -0.15) is 0 Å². The maximum atomic E-state index is 11.4. The molecule has 0 aliphatic carbocycles. The number of hydrogen-bond acceptors (Lipinski definition) is 4. The molecule has 0 N–H and O–H groups in total. The van der Waals surface area contributed by atoms with Gasteiger partial charge in [0.2, 0.25) is 0 Å². The van der Waals surface area contributed by atoms with E-state index in [2.05, 4.69) is 6.92 Å². The Balaban J connectivity index is 2.74. The summed E-state index contributed by atoms with van der Waals surface area (Å²) in [6, 6.07) is 5.85. The molecule has 0 bridgehead atoms. The lowest BCUT2D eigenvalue weighted by molar-refractivity contribution is -0.136. The third-order valence-corrected chi connectivity index (χ3v) is 3.03. The molecule has 0 spiro atoms. The third kappa shape index (κ3) is 4.30. The van der Waals surface area contributed by atoms with E-state index in [9.17, 15) is 4.79 Å². The van der Waals surface area contributed by atoms with Crippen molar-refractivity contribution in [2.24, 2.45) is 0 Å². The third-order valence-electron chi connectivity index (χ3n) is 3.03. The molecule has 0 radical (unpaired) electrons. The van der Waals surface area contributed by atoms with Gasteiger partial charge < -0.3 is 14.2 Å². The highest BCUT2D eigenvalue weighted by atomic mass is 16.5. The van der Waals surface area contributed by atoms with Gasteiger partial charge in [0.05, 0.1) is 14.2 Å². The summed E-state index contributed by atoms with van der Waals surface area (Å²) in [4.78, 5) is 11.4. The molecule has 0 aliphatic heterocycles. The van der Waals surface area contributed by atoms with Crippen LogP contribution in [0, 0.1) is 0 Å². The van der Waals surface area contributed by atoms with Crippen LogP contribution in [0.15, 0.2) is 29.8 Å². The van der Waals surface area contributed by atoms with Gasteiger partial charge in [0, 0.05) is 5.57 Å². The van der Waals surface area contributed by atoms with Crippen LogP contribution in [0.5, 0.6) is 11.5 Å².